The largest absolute Gasteiger partial charge is 0.484 e. The highest BCUT2D eigenvalue weighted by Gasteiger charge is 2.37. The van der Waals surface area contributed by atoms with Crippen LogP contribution in [0.3, 0.4) is 0 Å². The molecule has 0 unspecified atom stereocenters. The zero-order valence-corrected chi connectivity index (χ0v) is 12.5. The van der Waals surface area contributed by atoms with Crippen molar-refractivity contribution in [2.45, 2.75) is 0 Å². The van der Waals surface area contributed by atoms with Gasteiger partial charge in [-0.1, -0.05) is 23.2 Å². The van der Waals surface area contributed by atoms with Crippen LogP contribution in [0.4, 0.5) is 0 Å². The Morgan fingerprint density at radius 2 is 1.80 bits per heavy atom. The first-order chi connectivity index (χ1) is 9.61. The molecule has 6 heteroatoms. The van der Waals surface area contributed by atoms with Gasteiger partial charge in [-0.2, -0.15) is 0 Å². The molecule has 0 aliphatic carbocycles. The smallest absolute Gasteiger partial charge is 0.260 e. The molecule has 0 aromatic heterocycles. The van der Waals surface area contributed by atoms with Gasteiger partial charge in [0.05, 0.1) is 0 Å². The zero-order valence-electron chi connectivity index (χ0n) is 10.9. The Morgan fingerprint density at radius 3 is 2.40 bits per heavy atom. The number of amides is 1. The third-order valence-corrected chi connectivity index (χ3v) is 4.38. The summed E-state index contributed by atoms with van der Waals surface area (Å²) in [5.74, 6) is 1.74. The number of fused-ring (bicyclic) bond motifs is 1. The molecular weight excluding hydrogens is 299 g/mol. The van der Waals surface area contributed by atoms with Crippen LogP contribution < -0.4 is 10.1 Å². The number of nitrogens with one attached hydrogen (secondary N) is 1. The minimum Gasteiger partial charge on any atom is -0.484 e. The number of ether oxygens (including phenoxy) is 1. The quantitative estimate of drug-likeness (QED) is 0.928. The van der Waals surface area contributed by atoms with E-state index < -0.39 is 0 Å². The average Bonchev–Trinajstić information content (AvgIpc) is 2.95. The number of rotatable bonds is 3. The molecule has 1 N–H and O–H groups in total. The Hall–Kier alpha value is -0.970. The third kappa shape index (κ3) is 3.03. The van der Waals surface area contributed by atoms with Crippen molar-refractivity contribution >= 4 is 29.1 Å². The van der Waals surface area contributed by atoms with Crippen molar-refractivity contribution in [2.75, 3.05) is 32.8 Å². The Morgan fingerprint density at radius 1 is 1.20 bits per heavy atom. The van der Waals surface area contributed by atoms with Crippen LogP contribution in [0.15, 0.2) is 18.2 Å². The molecule has 1 aromatic rings. The Balaban J connectivity index is 1.54. The predicted molar refractivity (Wildman–Crippen MR) is 78.4 cm³/mol. The van der Waals surface area contributed by atoms with Crippen molar-refractivity contribution in [1.29, 1.82) is 0 Å². The van der Waals surface area contributed by atoms with E-state index in [1.165, 1.54) is 0 Å². The van der Waals surface area contributed by atoms with Crippen LogP contribution >= 0.6 is 23.2 Å². The lowest BCUT2D eigenvalue weighted by Gasteiger charge is -2.17. The van der Waals surface area contributed by atoms with E-state index >= 15 is 0 Å². The van der Waals surface area contributed by atoms with Gasteiger partial charge in [-0.15, -0.1) is 0 Å². The molecule has 1 aromatic carbocycles. The number of likely N-dealkylation sites (tertiary alicyclic amines) is 1. The van der Waals surface area contributed by atoms with Gasteiger partial charge in [-0.05, 0) is 30.0 Å². The number of nitrogens with zero attached hydrogens (tertiary/aromatic N) is 1. The van der Waals surface area contributed by atoms with E-state index in [2.05, 4.69) is 5.32 Å². The first-order valence-corrected chi connectivity index (χ1v) is 7.45. The summed E-state index contributed by atoms with van der Waals surface area (Å²) < 4.78 is 5.49. The fourth-order valence-electron chi connectivity index (χ4n) is 2.91. The summed E-state index contributed by atoms with van der Waals surface area (Å²) in [6, 6.07) is 4.94. The maximum Gasteiger partial charge on any atom is 0.260 e. The summed E-state index contributed by atoms with van der Waals surface area (Å²) in [5, 5.41) is 4.36. The summed E-state index contributed by atoms with van der Waals surface area (Å²) in [5.41, 5.74) is 0. The molecule has 4 nitrogen and oxygen atoms in total. The molecule has 0 radical (unpaired) electrons. The van der Waals surface area contributed by atoms with Gasteiger partial charge in [0.25, 0.3) is 5.91 Å². The Kier molecular flexibility index (Phi) is 4.06. The highest BCUT2D eigenvalue weighted by Crippen LogP contribution is 2.27. The second kappa shape index (κ2) is 5.80. The molecule has 20 heavy (non-hydrogen) atoms. The lowest BCUT2D eigenvalue weighted by molar-refractivity contribution is -0.132. The van der Waals surface area contributed by atoms with Gasteiger partial charge in [-0.25, -0.2) is 0 Å². The van der Waals surface area contributed by atoms with Crippen molar-refractivity contribution < 1.29 is 9.53 Å². The average molecular weight is 315 g/mol. The minimum atomic E-state index is 0.0236. The first kappa shape index (κ1) is 14.0. The van der Waals surface area contributed by atoms with E-state index in [9.17, 15) is 4.79 Å². The fraction of sp³-hybridized carbons (Fsp3) is 0.500. The topological polar surface area (TPSA) is 41.6 Å². The van der Waals surface area contributed by atoms with Crippen molar-refractivity contribution in [1.82, 2.24) is 10.2 Å². The molecule has 2 fully saturated rings. The van der Waals surface area contributed by atoms with Gasteiger partial charge in [0.2, 0.25) is 0 Å². The molecule has 3 rings (SSSR count). The van der Waals surface area contributed by atoms with Crippen LogP contribution in [0.2, 0.25) is 10.0 Å². The van der Waals surface area contributed by atoms with Crippen LogP contribution in [-0.2, 0) is 4.79 Å². The maximum absolute atomic E-state index is 12.1. The van der Waals surface area contributed by atoms with E-state index in [0.29, 0.717) is 27.6 Å². The summed E-state index contributed by atoms with van der Waals surface area (Å²) in [4.78, 5) is 14.0. The molecule has 2 saturated heterocycles. The lowest BCUT2D eigenvalue weighted by Crippen LogP contribution is -2.35. The number of hydrogen-bond donors (Lipinski definition) is 1. The van der Waals surface area contributed by atoms with E-state index in [4.69, 9.17) is 27.9 Å². The second-order valence-electron chi connectivity index (χ2n) is 5.37. The van der Waals surface area contributed by atoms with Crippen molar-refractivity contribution in [2.24, 2.45) is 11.8 Å². The zero-order chi connectivity index (χ0) is 14.1. The van der Waals surface area contributed by atoms with Crippen molar-refractivity contribution in [3.05, 3.63) is 28.2 Å². The number of benzene rings is 1. The van der Waals surface area contributed by atoms with E-state index in [1.54, 1.807) is 18.2 Å². The van der Waals surface area contributed by atoms with Gasteiger partial charge in [0.15, 0.2) is 6.61 Å². The summed E-state index contributed by atoms with van der Waals surface area (Å²) in [6.07, 6.45) is 0. The summed E-state index contributed by atoms with van der Waals surface area (Å²) >= 11 is 11.8. The van der Waals surface area contributed by atoms with Gasteiger partial charge >= 0.3 is 0 Å². The highest BCUT2D eigenvalue weighted by atomic mass is 35.5. The molecule has 2 atom stereocenters. The molecule has 0 spiro atoms. The summed E-state index contributed by atoms with van der Waals surface area (Å²) in [7, 11) is 0. The number of carbonyl (C=O) groups is 1. The number of halogens is 2. The maximum atomic E-state index is 12.1. The first-order valence-electron chi connectivity index (χ1n) is 6.69. The van der Waals surface area contributed by atoms with Crippen LogP contribution in [0.5, 0.6) is 5.75 Å². The minimum absolute atomic E-state index is 0.0236. The molecule has 2 aliphatic heterocycles. The van der Waals surface area contributed by atoms with Gasteiger partial charge in [0.1, 0.15) is 5.75 Å². The van der Waals surface area contributed by atoms with Crippen molar-refractivity contribution in [3.63, 3.8) is 0 Å². The van der Waals surface area contributed by atoms with Crippen LogP contribution in [0.1, 0.15) is 0 Å². The molecule has 2 heterocycles. The van der Waals surface area contributed by atoms with E-state index in [-0.39, 0.29) is 12.5 Å². The van der Waals surface area contributed by atoms with E-state index in [0.717, 1.165) is 26.2 Å². The van der Waals surface area contributed by atoms with Gasteiger partial charge < -0.3 is 15.0 Å². The predicted octanol–water partition coefficient (Wildman–Crippen LogP) is 2.05. The van der Waals surface area contributed by atoms with Crippen LogP contribution in [0, 0.1) is 11.8 Å². The number of carbonyl (C=O) groups excluding carboxylic acids is 1. The van der Waals surface area contributed by atoms with Crippen LogP contribution in [-0.4, -0.2) is 43.6 Å². The van der Waals surface area contributed by atoms with Gasteiger partial charge in [0, 0.05) is 36.2 Å². The number of hydrogen-bond acceptors (Lipinski definition) is 3. The molecule has 1 amide bonds. The molecule has 2 aliphatic rings. The molecular formula is C14H16Cl2N2O2. The fourth-order valence-corrected chi connectivity index (χ4v) is 3.41. The lowest BCUT2D eigenvalue weighted by atomic mass is 10.0. The normalized spacial score (nSPS) is 24.8. The van der Waals surface area contributed by atoms with Crippen LogP contribution in [0.25, 0.3) is 0 Å². The molecule has 108 valence electrons. The highest BCUT2D eigenvalue weighted by molar-refractivity contribution is 6.34. The SMILES string of the molecule is O=C(COc1cc(Cl)cc(Cl)c1)N1C[C@H]2CNC[C@H]2C1. The summed E-state index contributed by atoms with van der Waals surface area (Å²) in [6.45, 7) is 3.72. The standard InChI is InChI=1S/C14H16Cl2N2O2/c15-11-1-12(16)3-13(2-11)20-8-14(19)18-6-9-4-17-5-10(9)7-18/h1-3,9-10,17H,4-8H2/t9-,10+. The monoisotopic (exact) mass is 314 g/mol. The van der Waals surface area contributed by atoms with E-state index in [1.807, 2.05) is 4.90 Å². The van der Waals surface area contributed by atoms with Crippen molar-refractivity contribution in [3.8, 4) is 5.75 Å². The van der Waals surface area contributed by atoms with Gasteiger partial charge in [-0.3, -0.25) is 4.79 Å². The molecule has 0 bridgehead atoms. The Labute approximate surface area is 128 Å². The Bertz CT molecular complexity index is 492. The third-order valence-electron chi connectivity index (χ3n) is 3.94. The molecule has 0 saturated carbocycles. The second-order valence-corrected chi connectivity index (χ2v) is 6.24.